The largest absolute Gasteiger partial charge is 0.445 e. The van der Waals surface area contributed by atoms with E-state index in [9.17, 15) is 9.59 Å². The molecule has 2 aromatic carbocycles. The van der Waals surface area contributed by atoms with Gasteiger partial charge in [-0.05, 0) is 36.0 Å². The molecule has 3 aromatic rings. The summed E-state index contributed by atoms with van der Waals surface area (Å²) < 4.78 is 7.27. The summed E-state index contributed by atoms with van der Waals surface area (Å²) in [5.74, 6) is -0.0312. The van der Waals surface area contributed by atoms with E-state index < -0.39 is 6.09 Å². The third kappa shape index (κ3) is 5.55. The van der Waals surface area contributed by atoms with Gasteiger partial charge in [-0.2, -0.15) is 0 Å². The normalized spacial score (nSPS) is 17.2. The van der Waals surface area contributed by atoms with Crippen LogP contribution >= 0.6 is 0 Å². The van der Waals surface area contributed by atoms with Crippen LogP contribution in [0.15, 0.2) is 73.3 Å². The topological polar surface area (TPSA) is 85.3 Å². The SMILES string of the molecule is O=C(CCCNC(=O)OCc1ccccc1)NC1c2ccccc2CCC1n1ccnc1. The molecule has 1 aromatic heterocycles. The number of carbonyl (C=O) groups is 2. The second-order valence-electron chi connectivity index (χ2n) is 7.95. The Morgan fingerprint density at radius 2 is 1.91 bits per heavy atom. The van der Waals surface area contributed by atoms with Gasteiger partial charge in [-0.3, -0.25) is 4.79 Å². The Morgan fingerprint density at radius 1 is 1.09 bits per heavy atom. The highest BCUT2D eigenvalue weighted by atomic mass is 16.5. The Morgan fingerprint density at radius 3 is 2.72 bits per heavy atom. The minimum Gasteiger partial charge on any atom is -0.445 e. The summed E-state index contributed by atoms with van der Waals surface area (Å²) in [6.45, 7) is 0.608. The zero-order chi connectivity index (χ0) is 22.2. The molecule has 2 atom stereocenters. The highest BCUT2D eigenvalue weighted by Gasteiger charge is 2.31. The number of imidazole rings is 1. The standard InChI is InChI=1S/C25H28N4O3/c30-23(11-6-14-27-25(31)32-17-19-7-2-1-3-8-19)28-24-21-10-5-4-9-20(21)12-13-22(24)29-16-15-26-18-29/h1-5,7-10,15-16,18,22,24H,6,11-14,17H2,(H,27,31)(H,28,30). The van der Waals surface area contributed by atoms with E-state index in [1.165, 1.54) is 5.56 Å². The van der Waals surface area contributed by atoms with Crippen molar-refractivity contribution >= 4 is 12.0 Å². The molecule has 4 rings (SSSR count). The highest BCUT2D eigenvalue weighted by molar-refractivity contribution is 5.76. The number of amides is 2. The molecule has 166 valence electrons. The third-order valence-corrected chi connectivity index (χ3v) is 5.77. The minimum atomic E-state index is -0.476. The lowest BCUT2D eigenvalue weighted by molar-refractivity contribution is -0.122. The molecule has 32 heavy (non-hydrogen) atoms. The maximum Gasteiger partial charge on any atom is 0.407 e. The fraction of sp³-hybridized carbons (Fsp3) is 0.320. The van der Waals surface area contributed by atoms with E-state index in [0.717, 1.165) is 24.0 Å². The van der Waals surface area contributed by atoms with Crippen molar-refractivity contribution in [2.45, 2.75) is 44.4 Å². The van der Waals surface area contributed by atoms with Crippen molar-refractivity contribution in [1.29, 1.82) is 0 Å². The van der Waals surface area contributed by atoms with Crippen LogP contribution in [0.1, 0.15) is 48.0 Å². The van der Waals surface area contributed by atoms with Gasteiger partial charge in [0.25, 0.3) is 0 Å². The highest BCUT2D eigenvalue weighted by Crippen LogP contribution is 2.37. The number of ether oxygens (including phenoxy) is 1. The van der Waals surface area contributed by atoms with E-state index in [1.807, 2.05) is 55.0 Å². The molecule has 0 aliphatic heterocycles. The van der Waals surface area contributed by atoms with Gasteiger partial charge in [-0.25, -0.2) is 9.78 Å². The van der Waals surface area contributed by atoms with E-state index in [4.69, 9.17) is 4.74 Å². The van der Waals surface area contributed by atoms with Crippen molar-refractivity contribution in [2.75, 3.05) is 6.54 Å². The van der Waals surface area contributed by atoms with Gasteiger partial charge >= 0.3 is 6.09 Å². The zero-order valence-corrected chi connectivity index (χ0v) is 17.9. The number of aryl methyl sites for hydroxylation is 1. The average Bonchev–Trinajstić information content (AvgIpc) is 3.36. The smallest absolute Gasteiger partial charge is 0.407 e. The number of hydrogen-bond donors (Lipinski definition) is 2. The summed E-state index contributed by atoms with van der Waals surface area (Å²) >= 11 is 0. The molecule has 0 bridgehead atoms. The van der Waals surface area contributed by atoms with Crippen molar-refractivity contribution in [1.82, 2.24) is 20.2 Å². The third-order valence-electron chi connectivity index (χ3n) is 5.77. The molecule has 0 saturated heterocycles. The van der Waals surface area contributed by atoms with Crippen LogP contribution in [0, 0.1) is 0 Å². The molecule has 1 heterocycles. The van der Waals surface area contributed by atoms with Crippen molar-refractivity contribution < 1.29 is 14.3 Å². The molecule has 7 nitrogen and oxygen atoms in total. The fourth-order valence-electron chi connectivity index (χ4n) is 4.16. The molecule has 2 unspecified atom stereocenters. The van der Waals surface area contributed by atoms with Crippen LogP contribution in [-0.4, -0.2) is 28.1 Å². The molecule has 0 radical (unpaired) electrons. The summed E-state index contributed by atoms with van der Waals surface area (Å²) in [6.07, 6.45) is 7.82. The molecule has 0 saturated carbocycles. The van der Waals surface area contributed by atoms with Crippen LogP contribution in [0.25, 0.3) is 0 Å². The van der Waals surface area contributed by atoms with Crippen LogP contribution in [0.4, 0.5) is 4.79 Å². The number of nitrogens with zero attached hydrogens (tertiary/aromatic N) is 2. The first-order valence-corrected chi connectivity index (χ1v) is 11.0. The second kappa shape index (κ2) is 10.6. The number of carbonyl (C=O) groups excluding carboxylic acids is 2. The second-order valence-corrected chi connectivity index (χ2v) is 7.95. The first-order chi connectivity index (χ1) is 15.7. The number of hydrogen-bond acceptors (Lipinski definition) is 4. The van der Waals surface area contributed by atoms with E-state index >= 15 is 0 Å². The lowest BCUT2D eigenvalue weighted by Crippen LogP contribution is -2.37. The van der Waals surface area contributed by atoms with Gasteiger partial charge in [0.05, 0.1) is 18.4 Å². The van der Waals surface area contributed by atoms with E-state index in [2.05, 4.69) is 32.3 Å². The first-order valence-electron chi connectivity index (χ1n) is 11.0. The fourth-order valence-corrected chi connectivity index (χ4v) is 4.16. The Labute approximate surface area is 187 Å². The quantitative estimate of drug-likeness (QED) is 0.528. The number of aromatic nitrogens is 2. The predicted molar refractivity (Wildman–Crippen MR) is 121 cm³/mol. The van der Waals surface area contributed by atoms with Gasteiger partial charge in [0.2, 0.25) is 5.91 Å². The number of fused-ring (bicyclic) bond motifs is 1. The van der Waals surface area contributed by atoms with E-state index in [0.29, 0.717) is 19.4 Å². The maximum absolute atomic E-state index is 12.7. The lowest BCUT2D eigenvalue weighted by atomic mass is 9.83. The van der Waals surface area contributed by atoms with E-state index in [-0.39, 0.29) is 24.6 Å². The molecule has 0 fully saturated rings. The molecule has 1 aliphatic carbocycles. The molecule has 1 aliphatic rings. The monoisotopic (exact) mass is 432 g/mol. The molecule has 7 heteroatoms. The van der Waals surface area contributed by atoms with E-state index in [1.54, 1.807) is 6.20 Å². The van der Waals surface area contributed by atoms with Crippen molar-refractivity contribution in [3.8, 4) is 0 Å². The summed E-state index contributed by atoms with van der Waals surface area (Å²) in [7, 11) is 0. The maximum atomic E-state index is 12.7. The summed E-state index contributed by atoms with van der Waals surface area (Å²) in [6, 6.07) is 17.8. The summed E-state index contributed by atoms with van der Waals surface area (Å²) in [5, 5.41) is 5.92. The molecular formula is C25H28N4O3. The van der Waals surface area contributed by atoms with Crippen LogP contribution in [0.5, 0.6) is 0 Å². The zero-order valence-electron chi connectivity index (χ0n) is 17.9. The molecule has 2 N–H and O–H groups in total. The number of alkyl carbamates (subject to hydrolysis) is 1. The van der Waals surface area contributed by atoms with Crippen LogP contribution in [-0.2, 0) is 22.6 Å². The van der Waals surface area contributed by atoms with Gasteiger partial charge in [0, 0.05) is 25.4 Å². The molecule has 0 spiro atoms. The molecule has 2 amide bonds. The number of benzene rings is 2. The number of rotatable bonds is 8. The van der Waals surface area contributed by atoms with Crippen LogP contribution in [0.2, 0.25) is 0 Å². The predicted octanol–water partition coefficient (Wildman–Crippen LogP) is 3.93. The van der Waals surface area contributed by atoms with Gasteiger partial charge in [-0.1, -0.05) is 54.6 Å². The summed E-state index contributed by atoms with van der Waals surface area (Å²) in [5.41, 5.74) is 3.37. The first kappa shape index (κ1) is 21.6. The van der Waals surface area contributed by atoms with Crippen molar-refractivity contribution in [3.63, 3.8) is 0 Å². The summed E-state index contributed by atoms with van der Waals surface area (Å²) in [4.78, 5) is 28.7. The van der Waals surface area contributed by atoms with Crippen molar-refractivity contribution in [2.24, 2.45) is 0 Å². The Hall–Kier alpha value is -3.61. The number of nitrogens with one attached hydrogen (secondary N) is 2. The average molecular weight is 433 g/mol. The van der Waals surface area contributed by atoms with Crippen molar-refractivity contribution in [3.05, 3.63) is 90.0 Å². The van der Waals surface area contributed by atoms with Crippen LogP contribution < -0.4 is 10.6 Å². The van der Waals surface area contributed by atoms with Gasteiger partial charge in [0.1, 0.15) is 6.61 Å². The lowest BCUT2D eigenvalue weighted by Gasteiger charge is -2.35. The minimum absolute atomic E-state index is 0.0312. The Balaban J connectivity index is 1.26. The van der Waals surface area contributed by atoms with Gasteiger partial charge in [0.15, 0.2) is 0 Å². The van der Waals surface area contributed by atoms with Gasteiger partial charge in [-0.15, -0.1) is 0 Å². The van der Waals surface area contributed by atoms with Crippen LogP contribution in [0.3, 0.4) is 0 Å². The Kier molecular flexibility index (Phi) is 7.17. The Bertz CT molecular complexity index is 1020. The van der Waals surface area contributed by atoms with Gasteiger partial charge < -0.3 is 19.9 Å². The molecular weight excluding hydrogens is 404 g/mol.